The number of rotatable bonds is 2. The van der Waals surface area contributed by atoms with Gasteiger partial charge < -0.3 is 0 Å². The van der Waals surface area contributed by atoms with Crippen LogP contribution in [0.4, 0.5) is 5.69 Å². The largest absolute Gasteiger partial charge is 0.241 e. The van der Waals surface area contributed by atoms with Crippen LogP contribution in [0.3, 0.4) is 0 Å². The molecule has 4 rings (SSSR count). The Balaban J connectivity index is 1.82. The SMILES string of the molecule is Cc1ccc(C2=Nc3ccccc3[C@@H](c3ccccc3)S2)cc1. The average molecular weight is 315 g/mol. The maximum Gasteiger partial charge on any atom is 0.105 e. The molecule has 0 fully saturated rings. The topological polar surface area (TPSA) is 12.4 Å². The zero-order chi connectivity index (χ0) is 15.6. The maximum absolute atomic E-state index is 4.90. The van der Waals surface area contributed by atoms with Crippen LogP contribution in [0.2, 0.25) is 0 Å². The lowest BCUT2D eigenvalue weighted by atomic mass is 10.0. The molecule has 1 atom stereocenters. The summed E-state index contributed by atoms with van der Waals surface area (Å²) in [5.41, 5.74) is 6.16. The van der Waals surface area contributed by atoms with Gasteiger partial charge in [-0.1, -0.05) is 90.1 Å². The Morgan fingerprint density at radius 1 is 0.783 bits per heavy atom. The highest BCUT2D eigenvalue weighted by Gasteiger charge is 2.25. The molecule has 0 amide bonds. The Morgan fingerprint density at radius 2 is 1.48 bits per heavy atom. The molecule has 1 aliphatic heterocycles. The molecular weight excluding hydrogens is 298 g/mol. The van der Waals surface area contributed by atoms with Crippen molar-refractivity contribution < 1.29 is 0 Å². The lowest BCUT2D eigenvalue weighted by molar-refractivity contribution is 1.15. The maximum atomic E-state index is 4.90. The van der Waals surface area contributed by atoms with Gasteiger partial charge in [-0.05, 0) is 24.1 Å². The molecule has 1 heterocycles. The summed E-state index contributed by atoms with van der Waals surface area (Å²) < 4.78 is 0. The zero-order valence-electron chi connectivity index (χ0n) is 12.9. The number of nitrogens with zero attached hydrogens (tertiary/aromatic N) is 1. The minimum Gasteiger partial charge on any atom is -0.241 e. The predicted octanol–water partition coefficient (Wildman–Crippen LogP) is 5.91. The molecular formula is C21H17NS. The van der Waals surface area contributed by atoms with E-state index in [2.05, 4.69) is 85.8 Å². The number of hydrogen-bond acceptors (Lipinski definition) is 2. The van der Waals surface area contributed by atoms with Crippen molar-refractivity contribution in [1.29, 1.82) is 0 Å². The van der Waals surface area contributed by atoms with E-state index in [4.69, 9.17) is 4.99 Å². The van der Waals surface area contributed by atoms with Crippen molar-refractivity contribution in [3.8, 4) is 0 Å². The highest BCUT2D eigenvalue weighted by Crippen LogP contribution is 2.46. The van der Waals surface area contributed by atoms with Crippen LogP contribution in [-0.4, -0.2) is 5.04 Å². The first-order chi connectivity index (χ1) is 11.3. The van der Waals surface area contributed by atoms with Gasteiger partial charge in [0, 0.05) is 5.56 Å². The van der Waals surface area contributed by atoms with Crippen LogP contribution in [0.25, 0.3) is 0 Å². The second-order valence-electron chi connectivity index (χ2n) is 5.75. The molecule has 2 heteroatoms. The van der Waals surface area contributed by atoms with Gasteiger partial charge in [0.1, 0.15) is 5.04 Å². The van der Waals surface area contributed by atoms with Gasteiger partial charge in [-0.25, -0.2) is 4.99 Å². The molecule has 0 aliphatic carbocycles. The van der Waals surface area contributed by atoms with E-state index < -0.39 is 0 Å². The molecule has 0 unspecified atom stereocenters. The summed E-state index contributed by atoms with van der Waals surface area (Å²) in [6.45, 7) is 2.11. The smallest absolute Gasteiger partial charge is 0.105 e. The van der Waals surface area contributed by atoms with Crippen molar-refractivity contribution in [2.24, 2.45) is 4.99 Å². The van der Waals surface area contributed by atoms with Crippen LogP contribution >= 0.6 is 11.8 Å². The van der Waals surface area contributed by atoms with E-state index in [0.717, 1.165) is 10.7 Å². The Bertz CT molecular complexity index is 851. The molecule has 0 N–H and O–H groups in total. The van der Waals surface area contributed by atoms with E-state index >= 15 is 0 Å². The number of hydrogen-bond donors (Lipinski definition) is 0. The Kier molecular flexibility index (Phi) is 3.76. The van der Waals surface area contributed by atoms with Gasteiger partial charge in [0.2, 0.25) is 0 Å². The third-order valence-corrected chi connectivity index (χ3v) is 5.38. The molecule has 1 aliphatic rings. The molecule has 112 valence electrons. The predicted molar refractivity (Wildman–Crippen MR) is 99.7 cm³/mol. The Hall–Kier alpha value is -2.32. The van der Waals surface area contributed by atoms with Crippen molar-refractivity contribution >= 4 is 22.5 Å². The molecule has 0 saturated heterocycles. The third kappa shape index (κ3) is 2.82. The van der Waals surface area contributed by atoms with Crippen molar-refractivity contribution in [1.82, 2.24) is 0 Å². The van der Waals surface area contributed by atoms with Gasteiger partial charge in [-0.15, -0.1) is 0 Å². The minimum atomic E-state index is 0.293. The van der Waals surface area contributed by atoms with E-state index in [-0.39, 0.29) is 0 Å². The first-order valence-corrected chi connectivity index (χ1v) is 8.65. The van der Waals surface area contributed by atoms with Crippen LogP contribution in [-0.2, 0) is 0 Å². The molecule has 1 nitrogen and oxygen atoms in total. The highest BCUT2D eigenvalue weighted by atomic mass is 32.2. The van der Waals surface area contributed by atoms with Crippen LogP contribution in [0.15, 0.2) is 83.9 Å². The van der Waals surface area contributed by atoms with Crippen LogP contribution in [0.5, 0.6) is 0 Å². The van der Waals surface area contributed by atoms with Crippen LogP contribution < -0.4 is 0 Å². The third-order valence-electron chi connectivity index (χ3n) is 4.07. The lowest BCUT2D eigenvalue weighted by Gasteiger charge is -2.24. The molecule has 0 bridgehead atoms. The fraction of sp³-hybridized carbons (Fsp3) is 0.0952. The number of fused-ring (bicyclic) bond motifs is 1. The molecule has 23 heavy (non-hydrogen) atoms. The highest BCUT2D eigenvalue weighted by molar-refractivity contribution is 8.14. The lowest BCUT2D eigenvalue weighted by Crippen LogP contribution is -2.08. The first-order valence-electron chi connectivity index (χ1n) is 7.77. The number of para-hydroxylation sites is 1. The van der Waals surface area contributed by atoms with E-state index in [1.807, 2.05) is 11.8 Å². The van der Waals surface area contributed by atoms with Gasteiger partial charge in [0.25, 0.3) is 0 Å². The van der Waals surface area contributed by atoms with Crippen molar-refractivity contribution in [2.75, 3.05) is 0 Å². The molecule has 0 radical (unpaired) electrons. The number of thioether (sulfide) groups is 1. The van der Waals surface area contributed by atoms with E-state index in [9.17, 15) is 0 Å². The standard InChI is InChI=1S/C21H17NS/c1-15-11-13-17(14-12-15)21-22-19-10-6-5-9-18(19)20(23-21)16-7-3-2-4-8-16/h2-14,20H,1H3/t20-/m1/s1. The van der Waals surface area contributed by atoms with Crippen LogP contribution in [0, 0.1) is 6.92 Å². The van der Waals surface area contributed by atoms with Gasteiger partial charge in [0.05, 0.1) is 10.9 Å². The fourth-order valence-corrected chi connectivity index (χ4v) is 4.09. The molecule has 3 aromatic carbocycles. The van der Waals surface area contributed by atoms with Gasteiger partial charge in [-0.3, -0.25) is 0 Å². The number of aryl methyl sites for hydroxylation is 1. The summed E-state index contributed by atoms with van der Waals surface area (Å²) in [7, 11) is 0. The molecule has 0 aromatic heterocycles. The van der Waals surface area contributed by atoms with Crippen molar-refractivity contribution in [3.63, 3.8) is 0 Å². The number of benzene rings is 3. The van der Waals surface area contributed by atoms with Gasteiger partial charge in [0.15, 0.2) is 0 Å². The van der Waals surface area contributed by atoms with Crippen LogP contribution in [0.1, 0.15) is 27.5 Å². The van der Waals surface area contributed by atoms with Gasteiger partial charge in [-0.2, -0.15) is 0 Å². The first kappa shape index (κ1) is 14.3. The summed E-state index contributed by atoms with van der Waals surface area (Å²) in [5, 5.41) is 1.39. The second-order valence-corrected chi connectivity index (χ2v) is 6.84. The normalized spacial score (nSPS) is 16.6. The van der Waals surface area contributed by atoms with E-state index in [0.29, 0.717) is 5.25 Å². The fourth-order valence-electron chi connectivity index (χ4n) is 2.83. The average Bonchev–Trinajstić information content (AvgIpc) is 2.62. The molecule has 0 spiro atoms. The quantitative estimate of drug-likeness (QED) is 0.572. The summed E-state index contributed by atoms with van der Waals surface area (Å²) in [6.07, 6.45) is 0. The summed E-state index contributed by atoms with van der Waals surface area (Å²) >= 11 is 1.84. The minimum absolute atomic E-state index is 0.293. The number of aliphatic imine (C=N–C) groups is 1. The Labute approximate surface area is 141 Å². The molecule has 3 aromatic rings. The second kappa shape index (κ2) is 6.05. The summed E-state index contributed by atoms with van der Waals surface area (Å²) in [6, 6.07) is 27.8. The van der Waals surface area contributed by atoms with Crippen molar-refractivity contribution in [2.45, 2.75) is 12.2 Å². The van der Waals surface area contributed by atoms with E-state index in [1.54, 1.807) is 0 Å². The Morgan fingerprint density at radius 3 is 2.26 bits per heavy atom. The monoisotopic (exact) mass is 315 g/mol. The molecule has 0 saturated carbocycles. The summed E-state index contributed by atoms with van der Waals surface area (Å²) in [5.74, 6) is 0. The summed E-state index contributed by atoms with van der Waals surface area (Å²) in [4.78, 5) is 4.90. The van der Waals surface area contributed by atoms with Crippen molar-refractivity contribution in [3.05, 3.63) is 101 Å². The van der Waals surface area contributed by atoms with E-state index in [1.165, 1.54) is 22.3 Å². The zero-order valence-corrected chi connectivity index (χ0v) is 13.8. The van der Waals surface area contributed by atoms with Gasteiger partial charge >= 0.3 is 0 Å².